The maximum atomic E-state index is 15.2. The van der Waals surface area contributed by atoms with E-state index >= 15 is 4.39 Å². The van der Waals surface area contributed by atoms with Crippen LogP contribution < -0.4 is 4.74 Å². The number of piperidine rings is 1. The number of ether oxygens (including phenoxy) is 1. The van der Waals surface area contributed by atoms with Gasteiger partial charge in [-0.2, -0.15) is 26.3 Å². The normalized spacial score (nSPS) is 22.1. The third-order valence-electron chi connectivity index (χ3n) is 8.39. The minimum atomic E-state index is -5.63. The van der Waals surface area contributed by atoms with Crippen LogP contribution in [0.5, 0.6) is 5.75 Å². The van der Waals surface area contributed by atoms with Crippen molar-refractivity contribution < 1.29 is 58.3 Å². The first-order chi connectivity index (χ1) is 21.3. The molecule has 3 aliphatic rings. The molecule has 46 heavy (non-hydrogen) atoms. The number of benzene rings is 2. The van der Waals surface area contributed by atoms with Crippen molar-refractivity contribution >= 4 is 33.5 Å². The second-order valence-corrected chi connectivity index (χ2v) is 14.0. The fourth-order valence-electron chi connectivity index (χ4n) is 6.12. The summed E-state index contributed by atoms with van der Waals surface area (Å²) in [6.07, 6.45) is -5.59. The average molecular weight is 701 g/mol. The second-order valence-electron chi connectivity index (χ2n) is 11.8. The van der Waals surface area contributed by atoms with Crippen molar-refractivity contribution in [2.24, 2.45) is 5.92 Å². The van der Waals surface area contributed by atoms with Crippen molar-refractivity contribution in [2.75, 3.05) is 12.9 Å². The minimum Gasteiger partial charge on any atom is -0.493 e. The molecule has 2 aromatic rings. The van der Waals surface area contributed by atoms with Gasteiger partial charge >= 0.3 is 24.2 Å². The number of carbonyl (C=O) groups excluding carboxylic acids is 2. The summed E-state index contributed by atoms with van der Waals surface area (Å²) in [6.45, 7) is 0.400. The predicted octanol–water partition coefficient (Wildman–Crippen LogP) is 6.62. The number of carbonyl (C=O) groups is 2. The van der Waals surface area contributed by atoms with E-state index < -0.39 is 55.7 Å². The summed E-state index contributed by atoms with van der Waals surface area (Å²) in [5.41, 5.74) is -0.973. The van der Waals surface area contributed by atoms with Gasteiger partial charge in [0.25, 0.3) is 10.0 Å². The fraction of sp³-hybridized carbons (Fsp3) is 0.517. The number of nitrogens with zero attached hydrogens (tertiary/aromatic N) is 2. The first-order valence-electron chi connectivity index (χ1n) is 14.2. The number of hydrogen-bond donors (Lipinski definition) is 0. The number of rotatable bonds is 8. The van der Waals surface area contributed by atoms with E-state index in [1.807, 2.05) is 0 Å². The maximum Gasteiger partial charge on any atom is 0.493 e. The molecule has 2 aromatic carbocycles. The number of sulfonamides is 1. The van der Waals surface area contributed by atoms with E-state index in [9.17, 15) is 44.3 Å². The highest BCUT2D eigenvalue weighted by Gasteiger charge is 2.46. The molecule has 0 spiro atoms. The molecule has 2 aliphatic heterocycles. The highest BCUT2D eigenvalue weighted by molar-refractivity contribution is 7.88. The van der Waals surface area contributed by atoms with E-state index in [0.717, 1.165) is 37.1 Å². The summed E-state index contributed by atoms with van der Waals surface area (Å²) in [4.78, 5) is 30.1. The van der Waals surface area contributed by atoms with Crippen LogP contribution in [0.2, 0.25) is 5.02 Å². The zero-order valence-electron chi connectivity index (χ0n) is 24.1. The van der Waals surface area contributed by atoms with Crippen LogP contribution in [-0.4, -0.2) is 60.8 Å². The summed E-state index contributed by atoms with van der Waals surface area (Å²) >= 11 is 6.23. The molecule has 2 atom stereocenters. The van der Waals surface area contributed by atoms with Crippen LogP contribution >= 0.6 is 11.6 Å². The van der Waals surface area contributed by atoms with Crippen LogP contribution in [0.15, 0.2) is 30.3 Å². The lowest BCUT2D eigenvalue weighted by molar-refractivity contribution is -0.216. The van der Waals surface area contributed by atoms with Gasteiger partial charge in [0.05, 0.1) is 24.0 Å². The molecule has 1 amide bonds. The Hall–Kier alpha value is -3.11. The molecule has 0 aromatic heterocycles. The quantitative estimate of drug-likeness (QED) is 0.226. The van der Waals surface area contributed by atoms with Gasteiger partial charge in [0.1, 0.15) is 11.6 Å². The first-order valence-corrected chi connectivity index (χ1v) is 16.5. The van der Waals surface area contributed by atoms with Gasteiger partial charge in [-0.15, -0.1) is 0 Å². The third kappa shape index (κ3) is 7.54. The summed E-state index contributed by atoms with van der Waals surface area (Å²) in [7, 11) is -4.90. The van der Waals surface area contributed by atoms with Crippen LogP contribution in [0.3, 0.4) is 0 Å². The Balaban J connectivity index is 1.28. The van der Waals surface area contributed by atoms with Gasteiger partial charge in [-0.1, -0.05) is 16.1 Å². The summed E-state index contributed by atoms with van der Waals surface area (Å²) < 4.78 is 122. The molecule has 2 heterocycles. The summed E-state index contributed by atoms with van der Waals surface area (Å²) in [5, 5.41) is 0.243. The van der Waals surface area contributed by atoms with Gasteiger partial charge in [-0.05, 0) is 85.8 Å². The van der Waals surface area contributed by atoms with E-state index in [1.165, 1.54) is 6.07 Å². The average Bonchev–Trinajstić information content (AvgIpc) is 3.75. The Bertz CT molecular complexity index is 1620. The highest BCUT2D eigenvalue weighted by atomic mass is 35.5. The Morgan fingerprint density at radius 3 is 2.17 bits per heavy atom. The topological polar surface area (TPSA) is 93.2 Å². The number of amides is 1. The molecule has 8 nitrogen and oxygen atoms in total. The standard InChI is InChI=1S/C29H28ClF7N2O6S/c1-46(42,43)39(45-27(41)29(35,36)37)26(40)22-11-21(16-2-3-16)25(12-24(22)31)44-14-15-8-19-5-6-20(9-15)38(19)13-17-10-18(28(32,33)34)4-7-23(17)30/h4,7,10-12,15-16,19-20H,2-3,5-6,8-9,13-14H2,1H3. The van der Waals surface area contributed by atoms with Crippen molar-refractivity contribution in [2.45, 2.75) is 75.4 Å². The molecular weight excluding hydrogens is 673 g/mol. The molecule has 0 radical (unpaired) electrons. The van der Waals surface area contributed by atoms with Gasteiger partial charge in [-0.25, -0.2) is 17.6 Å². The van der Waals surface area contributed by atoms with Crippen molar-refractivity contribution in [1.29, 1.82) is 0 Å². The van der Waals surface area contributed by atoms with Crippen LogP contribution in [0.4, 0.5) is 30.7 Å². The molecule has 3 fully saturated rings. The molecule has 1 aliphatic carbocycles. The number of hydroxylamine groups is 1. The number of fused-ring (bicyclic) bond motifs is 2. The maximum absolute atomic E-state index is 15.2. The van der Waals surface area contributed by atoms with Gasteiger partial charge < -0.3 is 9.57 Å². The largest absolute Gasteiger partial charge is 0.493 e. The molecule has 1 saturated carbocycles. The van der Waals surface area contributed by atoms with Gasteiger partial charge in [0, 0.05) is 29.7 Å². The number of hydrogen-bond acceptors (Lipinski definition) is 7. The van der Waals surface area contributed by atoms with E-state index in [2.05, 4.69) is 9.74 Å². The van der Waals surface area contributed by atoms with Crippen molar-refractivity contribution in [3.8, 4) is 5.75 Å². The van der Waals surface area contributed by atoms with Crippen LogP contribution in [-0.2, 0) is 32.4 Å². The Morgan fingerprint density at radius 1 is 1.00 bits per heavy atom. The van der Waals surface area contributed by atoms with Gasteiger partial charge in [0.15, 0.2) is 0 Å². The predicted molar refractivity (Wildman–Crippen MR) is 149 cm³/mol. The van der Waals surface area contributed by atoms with E-state index in [0.29, 0.717) is 43.1 Å². The smallest absolute Gasteiger partial charge is 0.493 e. The summed E-state index contributed by atoms with van der Waals surface area (Å²) in [5.74, 6) is -6.19. The zero-order chi connectivity index (χ0) is 33.8. The molecular formula is C29H28ClF7N2O6S. The molecule has 5 rings (SSSR count). The Kier molecular flexibility index (Phi) is 9.29. The molecule has 17 heteroatoms. The monoisotopic (exact) mass is 700 g/mol. The lowest BCUT2D eigenvalue weighted by atomic mass is 9.90. The van der Waals surface area contributed by atoms with E-state index in [1.54, 1.807) is 0 Å². The second kappa shape index (κ2) is 12.5. The fourth-order valence-corrected chi connectivity index (χ4v) is 6.90. The Morgan fingerprint density at radius 2 is 1.63 bits per heavy atom. The lowest BCUT2D eigenvalue weighted by Crippen LogP contribution is -2.43. The van der Waals surface area contributed by atoms with Crippen LogP contribution in [0, 0.1) is 11.7 Å². The molecule has 2 unspecified atom stereocenters. The third-order valence-corrected chi connectivity index (χ3v) is 9.61. The van der Waals surface area contributed by atoms with Crippen molar-refractivity contribution in [1.82, 2.24) is 9.37 Å². The molecule has 252 valence electrons. The van der Waals surface area contributed by atoms with E-state index in [-0.39, 0.29) is 47.8 Å². The van der Waals surface area contributed by atoms with Crippen LogP contribution in [0.1, 0.15) is 71.5 Å². The van der Waals surface area contributed by atoms with Crippen molar-refractivity contribution in [3.05, 3.63) is 63.4 Å². The summed E-state index contributed by atoms with van der Waals surface area (Å²) in [6, 6.07) is 5.20. The number of alkyl halides is 6. The SMILES string of the molecule is CS(=O)(=O)N(OC(=O)C(F)(F)F)C(=O)c1cc(C2CC2)c(OCC2CC3CCC(C2)N3Cc2cc(C(F)(F)F)ccc2Cl)cc1F. The molecule has 2 bridgehead atoms. The number of halogens is 8. The van der Waals surface area contributed by atoms with Gasteiger partial charge in [-0.3, -0.25) is 9.69 Å². The van der Waals surface area contributed by atoms with Crippen molar-refractivity contribution in [3.63, 3.8) is 0 Å². The molecule has 0 N–H and O–H groups in total. The first kappa shape index (κ1) is 34.2. The lowest BCUT2D eigenvalue weighted by Gasteiger charge is -2.39. The zero-order valence-corrected chi connectivity index (χ0v) is 25.7. The minimum absolute atomic E-state index is 0.00432. The Labute approximate surface area is 264 Å². The van der Waals surface area contributed by atoms with Crippen LogP contribution in [0.25, 0.3) is 0 Å². The molecule has 2 saturated heterocycles. The highest BCUT2D eigenvalue weighted by Crippen LogP contribution is 2.46. The van der Waals surface area contributed by atoms with E-state index in [4.69, 9.17) is 16.3 Å². The van der Waals surface area contributed by atoms with Gasteiger partial charge in [0.2, 0.25) is 0 Å².